The van der Waals surface area contributed by atoms with Gasteiger partial charge >= 0.3 is 0 Å². The Hall–Kier alpha value is -2.04. The predicted octanol–water partition coefficient (Wildman–Crippen LogP) is 5.85. The number of carbonyl (C=O) groups excluding carboxylic acids is 1. The van der Waals surface area contributed by atoms with Gasteiger partial charge in [0.25, 0.3) is 0 Å². The van der Waals surface area contributed by atoms with Crippen molar-refractivity contribution in [3.8, 4) is 5.75 Å². The van der Waals surface area contributed by atoms with Crippen LogP contribution in [0, 0.1) is 17.3 Å². The summed E-state index contributed by atoms with van der Waals surface area (Å²) in [4.78, 5) is 12.5. The Balaban J connectivity index is 1.37. The van der Waals surface area contributed by atoms with E-state index in [1.54, 1.807) is 18.3 Å². The number of nitrogens with zero attached hydrogens (tertiary/aromatic N) is 1. The highest BCUT2D eigenvalue weighted by Gasteiger charge is 2.64. The lowest BCUT2D eigenvalue weighted by molar-refractivity contribution is -0.123. The number of amides is 1. The topological polar surface area (TPSA) is 50.7 Å². The van der Waals surface area contributed by atoms with Gasteiger partial charge in [-0.3, -0.25) is 4.79 Å². The van der Waals surface area contributed by atoms with Crippen molar-refractivity contribution in [3.63, 3.8) is 0 Å². The lowest BCUT2D eigenvalue weighted by Crippen LogP contribution is -2.22. The molecule has 0 aromatic heterocycles. The van der Waals surface area contributed by atoms with Crippen molar-refractivity contribution in [1.29, 1.82) is 0 Å². The molecule has 0 saturated heterocycles. The van der Waals surface area contributed by atoms with Gasteiger partial charge in [0, 0.05) is 27.1 Å². The third kappa shape index (κ3) is 4.29. The predicted molar refractivity (Wildman–Crippen MR) is 117 cm³/mol. The van der Waals surface area contributed by atoms with Gasteiger partial charge in [0.2, 0.25) is 5.91 Å². The summed E-state index contributed by atoms with van der Waals surface area (Å²) in [6.45, 7) is 2.55. The molecule has 1 N–H and O–H groups in total. The first kappa shape index (κ1) is 20.2. The SMILES string of the molecule is C[C@]12CCCC[C@H]1[C@H]2C(=O)N/N=C\c1ccccc1OCc1ccc(Cl)cc1Cl. The van der Waals surface area contributed by atoms with Crippen molar-refractivity contribution in [2.75, 3.05) is 0 Å². The fraction of sp³-hybridized carbons (Fsp3) is 0.391. The van der Waals surface area contributed by atoms with Crippen molar-refractivity contribution in [1.82, 2.24) is 5.43 Å². The molecule has 3 atom stereocenters. The third-order valence-electron chi connectivity index (χ3n) is 6.31. The van der Waals surface area contributed by atoms with E-state index in [-0.39, 0.29) is 17.2 Å². The summed E-state index contributed by atoms with van der Waals surface area (Å²) < 4.78 is 5.92. The summed E-state index contributed by atoms with van der Waals surface area (Å²) in [5, 5.41) is 5.34. The van der Waals surface area contributed by atoms with Crippen LogP contribution in [-0.2, 0) is 11.4 Å². The molecule has 0 unspecified atom stereocenters. The minimum atomic E-state index is 0.0296. The van der Waals surface area contributed by atoms with Gasteiger partial charge in [0.05, 0.1) is 6.21 Å². The van der Waals surface area contributed by atoms with Gasteiger partial charge in [-0.25, -0.2) is 5.43 Å². The molecule has 2 aromatic rings. The summed E-state index contributed by atoms with van der Waals surface area (Å²) >= 11 is 12.2. The number of hydrogen-bond acceptors (Lipinski definition) is 3. The minimum absolute atomic E-state index is 0.0296. The maximum absolute atomic E-state index is 12.5. The Bertz CT molecular complexity index is 946. The molecule has 2 fully saturated rings. The second kappa shape index (κ2) is 8.37. The first-order valence-corrected chi connectivity index (χ1v) is 10.7. The molecule has 2 saturated carbocycles. The minimum Gasteiger partial charge on any atom is -0.488 e. The Morgan fingerprint density at radius 2 is 2.10 bits per heavy atom. The van der Waals surface area contributed by atoms with Crippen molar-refractivity contribution < 1.29 is 9.53 Å². The first-order chi connectivity index (χ1) is 14.0. The fourth-order valence-corrected chi connectivity index (χ4v) is 5.06. The number of rotatable bonds is 6. The van der Waals surface area contributed by atoms with Crippen molar-refractivity contribution >= 4 is 35.3 Å². The van der Waals surface area contributed by atoms with E-state index in [1.807, 2.05) is 30.3 Å². The van der Waals surface area contributed by atoms with E-state index in [1.165, 1.54) is 12.8 Å². The maximum atomic E-state index is 12.5. The van der Waals surface area contributed by atoms with Gasteiger partial charge in [-0.1, -0.05) is 61.2 Å². The number of fused-ring (bicyclic) bond motifs is 1. The molecule has 4 rings (SSSR count). The molecule has 2 aromatic carbocycles. The van der Waals surface area contributed by atoms with Gasteiger partial charge in [-0.05, 0) is 48.4 Å². The zero-order valence-electron chi connectivity index (χ0n) is 16.3. The van der Waals surface area contributed by atoms with Crippen LogP contribution in [0.2, 0.25) is 10.0 Å². The summed E-state index contributed by atoms with van der Waals surface area (Å²) in [5.41, 5.74) is 4.54. The second-order valence-electron chi connectivity index (χ2n) is 8.13. The van der Waals surface area contributed by atoms with Crippen molar-refractivity contribution in [2.45, 2.75) is 39.2 Å². The van der Waals surface area contributed by atoms with E-state index in [0.29, 0.717) is 28.3 Å². The Morgan fingerprint density at radius 1 is 1.28 bits per heavy atom. The van der Waals surface area contributed by atoms with E-state index in [9.17, 15) is 4.79 Å². The molecule has 4 nitrogen and oxygen atoms in total. The summed E-state index contributed by atoms with van der Waals surface area (Å²) in [6, 6.07) is 12.9. The molecule has 1 amide bonds. The van der Waals surface area contributed by atoms with Gasteiger partial charge in [-0.15, -0.1) is 0 Å². The standard InChI is InChI=1S/C23H24Cl2N2O2/c1-23-11-5-4-7-18(23)21(23)22(28)27-26-13-15-6-2-3-8-20(15)29-14-16-9-10-17(24)12-19(16)25/h2-3,6,8-10,12-13,18,21H,4-5,7,11,14H2,1H3,(H,27,28)/b26-13-/t18-,21-,23-/m0/s1. The highest BCUT2D eigenvalue weighted by molar-refractivity contribution is 6.35. The van der Waals surface area contributed by atoms with Crippen LogP contribution in [0.4, 0.5) is 0 Å². The van der Waals surface area contributed by atoms with E-state index in [4.69, 9.17) is 27.9 Å². The van der Waals surface area contributed by atoms with E-state index in [0.717, 1.165) is 24.0 Å². The number of nitrogens with one attached hydrogen (secondary N) is 1. The smallest absolute Gasteiger partial charge is 0.244 e. The van der Waals surface area contributed by atoms with E-state index in [2.05, 4.69) is 17.5 Å². The van der Waals surface area contributed by atoms with Crippen molar-refractivity contribution in [2.24, 2.45) is 22.4 Å². The van der Waals surface area contributed by atoms with E-state index >= 15 is 0 Å². The number of hydrogen-bond donors (Lipinski definition) is 1. The highest BCUT2D eigenvalue weighted by Crippen LogP contribution is 2.66. The molecule has 2 aliphatic carbocycles. The second-order valence-corrected chi connectivity index (χ2v) is 8.98. The number of carbonyl (C=O) groups is 1. The fourth-order valence-electron chi connectivity index (χ4n) is 4.60. The molecular formula is C23H24Cl2N2O2. The normalized spacial score (nSPS) is 25.5. The molecule has 29 heavy (non-hydrogen) atoms. The summed E-state index contributed by atoms with van der Waals surface area (Å²) in [6.07, 6.45) is 6.38. The monoisotopic (exact) mass is 430 g/mol. The average molecular weight is 431 g/mol. The number of para-hydroxylation sites is 1. The number of benzene rings is 2. The molecule has 2 aliphatic rings. The highest BCUT2D eigenvalue weighted by atomic mass is 35.5. The molecule has 0 heterocycles. The zero-order valence-corrected chi connectivity index (χ0v) is 17.8. The summed E-state index contributed by atoms with van der Waals surface area (Å²) in [5.74, 6) is 1.32. The van der Waals surface area contributed by atoms with Gasteiger partial charge in [0.15, 0.2) is 0 Å². The summed E-state index contributed by atoms with van der Waals surface area (Å²) in [7, 11) is 0. The molecule has 152 valence electrons. The van der Waals surface area contributed by atoms with E-state index < -0.39 is 0 Å². The number of hydrazone groups is 1. The quantitative estimate of drug-likeness (QED) is 0.461. The molecule has 0 aliphatic heterocycles. The molecule has 6 heteroatoms. The Labute approximate surface area is 181 Å². The largest absolute Gasteiger partial charge is 0.488 e. The third-order valence-corrected chi connectivity index (χ3v) is 6.90. The van der Waals surface area contributed by atoms with Gasteiger partial charge in [0.1, 0.15) is 12.4 Å². The number of ether oxygens (including phenoxy) is 1. The van der Waals surface area contributed by atoms with Crippen LogP contribution in [0.25, 0.3) is 0 Å². The van der Waals surface area contributed by atoms with Gasteiger partial charge in [-0.2, -0.15) is 5.10 Å². The Morgan fingerprint density at radius 3 is 2.86 bits per heavy atom. The average Bonchev–Trinajstić information content (AvgIpc) is 3.33. The molecular weight excluding hydrogens is 407 g/mol. The van der Waals surface area contributed by atoms with Crippen LogP contribution < -0.4 is 10.2 Å². The number of halogens is 2. The maximum Gasteiger partial charge on any atom is 0.244 e. The van der Waals surface area contributed by atoms with Crippen LogP contribution in [-0.4, -0.2) is 12.1 Å². The lowest BCUT2D eigenvalue weighted by atomic mass is 9.90. The van der Waals surface area contributed by atoms with Crippen LogP contribution in [0.15, 0.2) is 47.6 Å². The van der Waals surface area contributed by atoms with Gasteiger partial charge < -0.3 is 4.74 Å². The zero-order chi connectivity index (χ0) is 20.4. The molecule has 0 radical (unpaired) electrons. The van der Waals surface area contributed by atoms with Crippen LogP contribution >= 0.6 is 23.2 Å². The van der Waals surface area contributed by atoms with Crippen LogP contribution in [0.3, 0.4) is 0 Å². The van der Waals surface area contributed by atoms with Crippen molar-refractivity contribution in [3.05, 3.63) is 63.6 Å². The lowest BCUT2D eigenvalue weighted by Gasteiger charge is -2.15. The molecule has 0 bridgehead atoms. The Kier molecular flexibility index (Phi) is 5.84. The first-order valence-electron chi connectivity index (χ1n) is 9.98. The molecule has 0 spiro atoms. The van der Waals surface area contributed by atoms with Crippen LogP contribution in [0.1, 0.15) is 43.7 Å². The van der Waals surface area contributed by atoms with Crippen LogP contribution in [0.5, 0.6) is 5.75 Å².